The van der Waals surface area contributed by atoms with Crippen LogP contribution in [0.4, 0.5) is 0 Å². The zero-order valence-corrected chi connectivity index (χ0v) is 17.3. The molecular formula is C22H19N3O2S2. The highest BCUT2D eigenvalue weighted by atomic mass is 32.1. The molecule has 0 saturated carbocycles. The number of hydrogen-bond donors (Lipinski definition) is 1. The molecule has 1 aromatic carbocycles. The average molecular weight is 422 g/mol. The largest absolute Gasteiger partial charge is 0.343 e. The lowest BCUT2D eigenvalue weighted by molar-refractivity contribution is -0.122. The van der Waals surface area contributed by atoms with Crippen molar-refractivity contribution in [3.05, 3.63) is 85.4 Å². The molecule has 1 aliphatic rings. The third-order valence-corrected chi connectivity index (χ3v) is 7.41. The molecule has 1 aliphatic carbocycles. The van der Waals surface area contributed by atoms with E-state index < -0.39 is 0 Å². The van der Waals surface area contributed by atoms with Gasteiger partial charge in [0.05, 0.1) is 17.8 Å². The molecule has 0 bridgehead atoms. The number of carbonyl (C=O) groups excluding carboxylic acids is 1. The summed E-state index contributed by atoms with van der Waals surface area (Å²) in [7, 11) is 0. The van der Waals surface area contributed by atoms with Crippen LogP contribution in [-0.4, -0.2) is 15.5 Å². The van der Waals surface area contributed by atoms with Crippen molar-refractivity contribution >= 4 is 38.8 Å². The zero-order valence-electron chi connectivity index (χ0n) is 15.6. The highest BCUT2D eigenvalue weighted by Gasteiger charge is 2.22. The molecule has 3 heterocycles. The van der Waals surface area contributed by atoms with Crippen molar-refractivity contribution in [2.75, 3.05) is 0 Å². The monoisotopic (exact) mass is 421 g/mol. The van der Waals surface area contributed by atoms with Crippen molar-refractivity contribution in [2.45, 2.75) is 31.8 Å². The van der Waals surface area contributed by atoms with Gasteiger partial charge in [0.15, 0.2) is 0 Å². The molecule has 3 aromatic heterocycles. The second-order valence-corrected chi connectivity index (χ2v) is 9.20. The molecule has 5 rings (SSSR count). The first-order chi connectivity index (χ1) is 14.2. The summed E-state index contributed by atoms with van der Waals surface area (Å²) in [5.74, 6) is -0.206. The summed E-state index contributed by atoms with van der Waals surface area (Å²) in [6.07, 6.45) is 4.54. The van der Waals surface area contributed by atoms with E-state index in [1.165, 1.54) is 15.8 Å². The van der Waals surface area contributed by atoms with E-state index in [0.29, 0.717) is 5.39 Å². The third-order valence-electron chi connectivity index (χ3n) is 5.27. The van der Waals surface area contributed by atoms with Gasteiger partial charge >= 0.3 is 0 Å². The van der Waals surface area contributed by atoms with Crippen molar-refractivity contribution in [3.63, 3.8) is 0 Å². The summed E-state index contributed by atoms with van der Waals surface area (Å²) in [5, 5.41) is 5.79. The van der Waals surface area contributed by atoms with E-state index in [1.54, 1.807) is 22.7 Å². The maximum Gasteiger partial charge on any atom is 0.262 e. The molecule has 1 amide bonds. The van der Waals surface area contributed by atoms with Crippen LogP contribution < -0.4 is 10.9 Å². The highest BCUT2D eigenvalue weighted by molar-refractivity contribution is 7.18. The summed E-state index contributed by atoms with van der Waals surface area (Å²) >= 11 is 3.21. The van der Waals surface area contributed by atoms with Gasteiger partial charge in [-0.15, -0.1) is 22.7 Å². The number of aryl methyl sites for hydroxylation is 2. The minimum absolute atomic E-state index is 0.0406. The van der Waals surface area contributed by atoms with E-state index in [-0.39, 0.29) is 24.1 Å². The van der Waals surface area contributed by atoms with E-state index in [4.69, 9.17) is 0 Å². The van der Waals surface area contributed by atoms with Crippen molar-refractivity contribution in [1.82, 2.24) is 14.9 Å². The van der Waals surface area contributed by atoms with Gasteiger partial charge in [-0.3, -0.25) is 14.2 Å². The summed E-state index contributed by atoms with van der Waals surface area (Å²) in [6.45, 7) is -0.0406. The number of amides is 1. The standard InChI is InChI=1S/C22H19N3O2S2/c26-18(24-20(17-10-5-11-28-17)14-6-2-1-3-7-14)12-25-13-23-21-19(22(25)27)15-8-4-9-16(15)29-21/h1-3,5-7,10-11,13,20H,4,8-9,12H2,(H,24,26)/t20-/m1/s1. The fourth-order valence-electron chi connectivity index (χ4n) is 3.91. The quantitative estimate of drug-likeness (QED) is 0.531. The van der Waals surface area contributed by atoms with Gasteiger partial charge in [-0.2, -0.15) is 0 Å². The van der Waals surface area contributed by atoms with Crippen LogP contribution in [0.2, 0.25) is 0 Å². The Kier molecular flexibility index (Phi) is 4.77. The lowest BCUT2D eigenvalue weighted by Gasteiger charge is -2.18. The fourth-order valence-corrected chi connectivity index (χ4v) is 5.94. The summed E-state index contributed by atoms with van der Waals surface area (Å²) < 4.78 is 1.43. The Bertz CT molecular complexity index is 1230. The Balaban J connectivity index is 1.42. The lowest BCUT2D eigenvalue weighted by atomic mass is 10.1. The number of carbonyl (C=O) groups is 1. The number of nitrogens with zero attached hydrogens (tertiary/aromatic N) is 2. The average Bonchev–Trinajstić information content (AvgIpc) is 3.46. The number of rotatable bonds is 5. The first-order valence-electron chi connectivity index (χ1n) is 9.58. The summed E-state index contributed by atoms with van der Waals surface area (Å²) in [6, 6.07) is 13.6. The molecule has 146 valence electrons. The predicted molar refractivity (Wildman–Crippen MR) is 117 cm³/mol. The number of benzene rings is 1. The molecule has 0 spiro atoms. The first kappa shape index (κ1) is 18.3. The van der Waals surface area contributed by atoms with E-state index in [2.05, 4.69) is 10.3 Å². The number of hydrogen-bond acceptors (Lipinski definition) is 5. The Labute approximate surface area is 175 Å². The molecule has 1 atom stereocenters. The number of thiophene rings is 2. The van der Waals surface area contributed by atoms with Crippen LogP contribution in [0.1, 0.15) is 33.3 Å². The second-order valence-electron chi connectivity index (χ2n) is 7.14. The van der Waals surface area contributed by atoms with Crippen LogP contribution in [0, 0.1) is 0 Å². The SMILES string of the molecule is O=C(Cn1cnc2sc3c(c2c1=O)CCC3)N[C@H](c1ccccc1)c1cccs1. The smallest absolute Gasteiger partial charge is 0.262 e. The maximum absolute atomic E-state index is 13.0. The van der Waals surface area contributed by atoms with Crippen molar-refractivity contribution in [1.29, 1.82) is 0 Å². The van der Waals surface area contributed by atoms with E-state index in [9.17, 15) is 9.59 Å². The van der Waals surface area contributed by atoms with E-state index >= 15 is 0 Å². The van der Waals surface area contributed by atoms with Gasteiger partial charge in [0, 0.05) is 9.75 Å². The third kappa shape index (κ3) is 3.41. The molecule has 0 saturated heterocycles. The Morgan fingerprint density at radius 2 is 2.03 bits per heavy atom. The van der Waals surface area contributed by atoms with Crippen LogP contribution in [0.5, 0.6) is 0 Å². The van der Waals surface area contributed by atoms with Gasteiger partial charge in [0.2, 0.25) is 5.91 Å². The lowest BCUT2D eigenvalue weighted by Crippen LogP contribution is -2.35. The van der Waals surface area contributed by atoms with Gasteiger partial charge in [-0.25, -0.2) is 4.98 Å². The Morgan fingerprint density at radius 3 is 2.83 bits per heavy atom. The van der Waals surface area contributed by atoms with E-state index in [0.717, 1.165) is 40.1 Å². The maximum atomic E-state index is 13.0. The molecule has 0 radical (unpaired) electrons. The van der Waals surface area contributed by atoms with Gasteiger partial charge in [-0.05, 0) is 41.8 Å². The fraction of sp³-hybridized carbons (Fsp3) is 0.227. The van der Waals surface area contributed by atoms with Crippen molar-refractivity contribution in [2.24, 2.45) is 0 Å². The summed E-state index contributed by atoms with van der Waals surface area (Å²) in [5.41, 5.74) is 2.04. The number of aromatic nitrogens is 2. The predicted octanol–water partition coefficient (Wildman–Crippen LogP) is 3.91. The molecule has 5 nitrogen and oxygen atoms in total. The van der Waals surface area contributed by atoms with Gasteiger partial charge in [0.1, 0.15) is 11.4 Å². The van der Waals surface area contributed by atoms with Crippen LogP contribution in [-0.2, 0) is 24.2 Å². The van der Waals surface area contributed by atoms with Gasteiger partial charge < -0.3 is 5.32 Å². The molecule has 0 unspecified atom stereocenters. The minimum Gasteiger partial charge on any atom is -0.343 e. The van der Waals surface area contributed by atoms with Gasteiger partial charge in [0.25, 0.3) is 5.56 Å². The van der Waals surface area contributed by atoms with Crippen LogP contribution in [0.3, 0.4) is 0 Å². The molecule has 0 aliphatic heterocycles. The molecule has 1 N–H and O–H groups in total. The van der Waals surface area contributed by atoms with Gasteiger partial charge in [-0.1, -0.05) is 36.4 Å². The van der Waals surface area contributed by atoms with Crippen LogP contribution in [0.25, 0.3) is 10.2 Å². The zero-order chi connectivity index (χ0) is 19.8. The molecule has 7 heteroatoms. The normalized spacial score (nSPS) is 14.1. The minimum atomic E-state index is -0.235. The van der Waals surface area contributed by atoms with Crippen LogP contribution >= 0.6 is 22.7 Å². The van der Waals surface area contributed by atoms with Crippen molar-refractivity contribution < 1.29 is 4.79 Å². The number of nitrogens with one attached hydrogen (secondary N) is 1. The highest BCUT2D eigenvalue weighted by Crippen LogP contribution is 2.34. The summed E-state index contributed by atoms with van der Waals surface area (Å²) in [4.78, 5) is 33.4. The molecule has 29 heavy (non-hydrogen) atoms. The van der Waals surface area contributed by atoms with Crippen molar-refractivity contribution in [3.8, 4) is 0 Å². The van der Waals surface area contributed by atoms with Crippen LogP contribution in [0.15, 0.2) is 59.0 Å². The molecular weight excluding hydrogens is 402 g/mol. The molecule has 0 fully saturated rings. The van der Waals surface area contributed by atoms with E-state index in [1.807, 2.05) is 47.8 Å². The topological polar surface area (TPSA) is 64.0 Å². The Morgan fingerprint density at radius 1 is 1.17 bits per heavy atom. The first-order valence-corrected chi connectivity index (χ1v) is 11.3. The molecule has 4 aromatic rings. The second kappa shape index (κ2) is 7.57. The number of fused-ring (bicyclic) bond motifs is 3. The Hall–Kier alpha value is -2.77.